The normalized spacial score (nSPS) is 19.4. The summed E-state index contributed by atoms with van der Waals surface area (Å²) in [6.45, 7) is 1.99. The lowest BCUT2D eigenvalue weighted by Crippen LogP contribution is -2.49. The second-order valence-electron chi connectivity index (χ2n) is 5.98. The van der Waals surface area contributed by atoms with Gasteiger partial charge in [0.2, 0.25) is 0 Å². The molecule has 1 amide bonds. The standard InChI is InChI=1S/C18H20FN2O4P/c1-2-25-26(24,16-9-5-8-15(19)11-16)21-12-14-7-4-3-6-13(14)10-17(21)18(22)20-23/h3-9,11,17,23H,2,10,12H2,1H3,(H,20,22)/t17-,26-/m1/s1. The van der Waals surface area contributed by atoms with Crippen LogP contribution in [-0.2, 0) is 26.8 Å². The Bertz CT molecular complexity index is 861. The Morgan fingerprint density at radius 2 is 2.04 bits per heavy atom. The van der Waals surface area contributed by atoms with E-state index in [0.29, 0.717) is 0 Å². The van der Waals surface area contributed by atoms with Crippen molar-refractivity contribution in [3.63, 3.8) is 0 Å². The highest BCUT2D eigenvalue weighted by molar-refractivity contribution is 7.64. The molecular weight excluding hydrogens is 358 g/mol. The van der Waals surface area contributed by atoms with Gasteiger partial charge in [0, 0.05) is 6.54 Å². The van der Waals surface area contributed by atoms with Gasteiger partial charge in [-0.15, -0.1) is 0 Å². The number of fused-ring (bicyclic) bond motifs is 1. The number of carbonyl (C=O) groups is 1. The molecule has 0 fully saturated rings. The fourth-order valence-electron chi connectivity index (χ4n) is 3.21. The highest BCUT2D eigenvalue weighted by atomic mass is 31.2. The number of hydrogen-bond acceptors (Lipinski definition) is 4. The molecule has 0 bridgehead atoms. The minimum atomic E-state index is -3.73. The molecule has 2 aromatic carbocycles. The summed E-state index contributed by atoms with van der Waals surface area (Å²) < 4.78 is 34.6. The van der Waals surface area contributed by atoms with Gasteiger partial charge in [-0.3, -0.25) is 14.6 Å². The summed E-state index contributed by atoms with van der Waals surface area (Å²) in [5.74, 6) is -1.22. The molecule has 26 heavy (non-hydrogen) atoms. The van der Waals surface area contributed by atoms with Crippen LogP contribution in [0.5, 0.6) is 0 Å². The van der Waals surface area contributed by atoms with Crippen LogP contribution in [0.3, 0.4) is 0 Å². The number of halogens is 1. The van der Waals surface area contributed by atoms with Crippen LogP contribution in [0, 0.1) is 5.82 Å². The average molecular weight is 378 g/mol. The molecule has 0 radical (unpaired) electrons. The lowest BCUT2D eigenvalue weighted by atomic mass is 9.95. The van der Waals surface area contributed by atoms with E-state index in [0.717, 1.165) is 17.2 Å². The van der Waals surface area contributed by atoms with E-state index >= 15 is 0 Å². The van der Waals surface area contributed by atoms with Crippen molar-refractivity contribution in [2.45, 2.75) is 25.9 Å². The van der Waals surface area contributed by atoms with Crippen LogP contribution in [0.1, 0.15) is 18.1 Å². The van der Waals surface area contributed by atoms with Crippen LogP contribution in [0.25, 0.3) is 0 Å². The van der Waals surface area contributed by atoms with Gasteiger partial charge in [0.25, 0.3) is 5.91 Å². The van der Waals surface area contributed by atoms with Crippen molar-refractivity contribution < 1.29 is 23.5 Å². The van der Waals surface area contributed by atoms with Gasteiger partial charge in [-0.25, -0.2) is 14.5 Å². The van der Waals surface area contributed by atoms with E-state index < -0.39 is 25.3 Å². The third kappa shape index (κ3) is 3.44. The van der Waals surface area contributed by atoms with Gasteiger partial charge >= 0.3 is 7.52 Å². The van der Waals surface area contributed by atoms with Crippen molar-refractivity contribution in [2.75, 3.05) is 6.61 Å². The molecule has 2 atom stereocenters. The zero-order valence-electron chi connectivity index (χ0n) is 14.3. The third-order valence-electron chi connectivity index (χ3n) is 4.41. The van der Waals surface area contributed by atoms with Crippen molar-refractivity contribution in [1.29, 1.82) is 0 Å². The van der Waals surface area contributed by atoms with Gasteiger partial charge in [-0.1, -0.05) is 30.3 Å². The molecule has 1 heterocycles. The van der Waals surface area contributed by atoms with Crippen LogP contribution in [0.15, 0.2) is 48.5 Å². The molecular formula is C18H20FN2O4P. The molecule has 0 spiro atoms. The van der Waals surface area contributed by atoms with Gasteiger partial charge in [0.1, 0.15) is 11.9 Å². The molecule has 2 aromatic rings. The molecule has 0 aromatic heterocycles. The number of nitrogens with zero attached hydrogens (tertiary/aromatic N) is 1. The first-order valence-electron chi connectivity index (χ1n) is 8.28. The lowest BCUT2D eigenvalue weighted by molar-refractivity contribution is -0.133. The predicted octanol–water partition coefficient (Wildman–Crippen LogP) is 2.61. The van der Waals surface area contributed by atoms with E-state index in [1.54, 1.807) is 12.4 Å². The fourth-order valence-corrected chi connectivity index (χ4v) is 5.61. The van der Waals surface area contributed by atoms with E-state index in [2.05, 4.69) is 0 Å². The highest BCUT2D eigenvalue weighted by Gasteiger charge is 2.44. The Morgan fingerprint density at radius 3 is 2.69 bits per heavy atom. The summed E-state index contributed by atoms with van der Waals surface area (Å²) in [6, 6.07) is 12.0. The second-order valence-corrected chi connectivity index (χ2v) is 8.31. The minimum Gasteiger partial charge on any atom is -0.314 e. The highest BCUT2D eigenvalue weighted by Crippen LogP contribution is 2.53. The Balaban J connectivity index is 2.11. The van der Waals surface area contributed by atoms with E-state index in [1.165, 1.54) is 22.9 Å². The first-order valence-corrected chi connectivity index (χ1v) is 9.86. The van der Waals surface area contributed by atoms with Crippen LogP contribution >= 0.6 is 7.52 Å². The number of rotatable bonds is 5. The molecule has 2 N–H and O–H groups in total. The molecule has 0 saturated carbocycles. The van der Waals surface area contributed by atoms with Crippen LogP contribution in [-0.4, -0.2) is 28.4 Å². The molecule has 6 nitrogen and oxygen atoms in total. The number of hydroxylamine groups is 1. The van der Waals surface area contributed by atoms with Crippen LogP contribution < -0.4 is 10.8 Å². The van der Waals surface area contributed by atoms with Gasteiger partial charge in [-0.05, 0) is 42.7 Å². The fraction of sp³-hybridized carbons (Fsp3) is 0.278. The summed E-state index contributed by atoms with van der Waals surface area (Å²) in [4.78, 5) is 12.3. The van der Waals surface area contributed by atoms with Crippen molar-refractivity contribution in [2.24, 2.45) is 0 Å². The van der Waals surface area contributed by atoms with Crippen LogP contribution in [0.2, 0.25) is 0 Å². The maximum Gasteiger partial charge on any atom is 0.303 e. The molecule has 0 aliphatic carbocycles. The van der Waals surface area contributed by atoms with E-state index in [1.807, 2.05) is 24.3 Å². The first kappa shape index (κ1) is 18.7. The van der Waals surface area contributed by atoms with E-state index in [-0.39, 0.29) is 24.9 Å². The minimum absolute atomic E-state index is 0.124. The summed E-state index contributed by atoms with van der Waals surface area (Å²) in [6.07, 6.45) is 0.259. The average Bonchev–Trinajstić information content (AvgIpc) is 2.66. The number of amides is 1. The summed E-state index contributed by atoms with van der Waals surface area (Å²) >= 11 is 0. The van der Waals surface area contributed by atoms with Crippen molar-refractivity contribution in [3.05, 3.63) is 65.5 Å². The van der Waals surface area contributed by atoms with Gasteiger partial charge in [0.15, 0.2) is 0 Å². The summed E-state index contributed by atoms with van der Waals surface area (Å²) in [7, 11) is -3.73. The number of nitrogens with one attached hydrogen (secondary N) is 1. The van der Waals surface area contributed by atoms with Crippen molar-refractivity contribution >= 4 is 18.7 Å². The smallest absolute Gasteiger partial charge is 0.303 e. The van der Waals surface area contributed by atoms with E-state index in [9.17, 15) is 13.8 Å². The summed E-state index contributed by atoms with van der Waals surface area (Å²) in [5, 5.41) is 9.32. The molecule has 1 aliphatic rings. The Hall–Kier alpha value is -2.05. The Morgan fingerprint density at radius 1 is 1.31 bits per heavy atom. The maximum absolute atomic E-state index is 13.8. The lowest BCUT2D eigenvalue weighted by Gasteiger charge is -2.39. The topological polar surface area (TPSA) is 78.9 Å². The monoisotopic (exact) mass is 378 g/mol. The van der Waals surface area contributed by atoms with Gasteiger partial charge in [0.05, 0.1) is 11.9 Å². The Labute approximate surface area is 151 Å². The second kappa shape index (κ2) is 7.68. The third-order valence-corrected chi connectivity index (χ3v) is 7.05. The van der Waals surface area contributed by atoms with E-state index in [4.69, 9.17) is 9.73 Å². The summed E-state index contributed by atoms with van der Waals surface area (Å²) in [5.41, 5.74) is 3.48. The van der Waals surface area contributed by atoms with Gasteiger partial charge in [-0.2, -0.15) is 0 Å². The van der Waals surface area contributed by atoms with Crippen molar-refractivity contribution in [3.8, 4) is 0 Å². The molecule has 8 heteroatoms. The zero-order chi connectivity index (χ0) is 18.7. The molecule has 0 saturated heterocycles. The van der Waals surface area contributed by atoms with Crippen molar-refractivity contribution in [1.82, 2.24) is 10.2 Å². The molecule has 0 unspecified atom stereocenters. The SMILES string of the molecule is CCO[P@](=O)(c1cccc(F)c1)N1Cc2ccccc2C[C@@H]1C(=O)NO. The predicted molar refractivity (Wildman–Crippen MR) is 94.7 cm³/mol. The Kier molecular flexibility index (Phi) is 5.53. The molecule has 1 aliphatic heterocycles. The first-order chi connectivity index (χ1) is 12.5. The van der Waals surface area contributed by atoms with Gasteiger partial charge < -0.3 is 4.52 Å². The molecule has 138 valence electrons. The molecule has 3 rings (SSSR count). The number of carbonyl (C=O) groups excluding carboxylic acids is 1. The zero-order valence-corrected chi connectivity index (χ0v) is 15.2. The number of hydrogen-bond donors (Lipinski definition) is 2. The largest absolute Gasteiger partial charge is 0.314 e. The maximum atomic E-state index is 13.8. The number of benzene rings is 2. The van der Waals surface area contributed by atoms with Crippen LogP contribution in [0.4, 0.5) is 4.39 Å². The quantitative estimate of drug-likeness (QED) is 0.475.